The molecule has 13 heavy (non-hydrogen) atoms. The van der Waals surface area contributed by atoms with Gasteiger partial charge in [0.2, 0.25) is 0 Å². The van der Waals surface area contributed by atoms with E-state index in [1.807, 2.05) is 4.57 Å². The standard InChI is InChI=1S/C8H13N3OS/c1-8(3-2-4-12-8)5-11-6-9-10-7(11)13/h6H,2-5H2,1H3,(H,10,13). The molecule has 2 rings (SSSR count). The van der Waals surface area contributed by atoms with Gasteiger partial charge in [-0.15, -0.1) is 0 Å². The van der Waals surface area contributed by atoms with Gasteiger partial charge in [0.15, 0.2) is 4.77 Å². The van der Waals surface area contributed by atoms with Crippen LogP contribution in [0.5, 0.6) is 0 Å². The zero-order valence-corrected chi connectivity index (χ0v) is 8.43. The molecule has 1 fully saturated rings. The predicted molar refractivity (Wildman–Crippen MR) is 51.0 cm³/mol. The molecule has 5 heteroatoms. The van der Waals surface area contributed by atoms with E-state index in [1.54, 1.807) is 6.33 Å². The zero-order chi connectivity index (χ0) is 9.31. The fourth-order valence-corrected chi connectivity index (χ4v) is 1.87. The van der Waals surface area contributed by atoms with E-state index in [2.05, 4.69) is 17.1 Å². The van der Waals surface area contributed by atoms with Crippen LogP contribution >= 0.6 is 12.2 Å². The monoisotopic (exact) mass is 199 g/mol. The van der Waals surface area contributed by atoms with E-state index in [-0.39, 0.29) is 5.60 Å². The van der Waals surface area contributed by atoms with Crippen LogP contribution in [0.1, 0.15) is 19.8 Å². The van der Waals surface area contributed by atoms with Crippen LogP contribution in [0.2, 0.25) is 0 Å². The number of rotatable bonds is 2. The van der Waals surface area contributed by atoms with Gasteiger partial charge >= 0.3 is 0 Å². The van der Waals surface area contributed by atoms with Crippen LogP contribution in [0.15, 0.2) is 6.33 Å². The van der Waals surface area contributed by atoms with Gasteiger partial charge in [0.1, 0.15) is 6.33 Å². The maximum Gasteiger partial charge on any atom is 0.195 e. The third-order valence-electron chi connectivity index (χ3n) is 2.42. The second-order valence-electron chi connectivity index (χ2n) is 3.69. The Kier molecular flexibility index (Phi) is 2.21. The van der Waals surface area contributed by atoms with Gasteiger partial charge in [-0.05, 0) is 32.0 Å². The largest absolute Gasteiger partial charge is 0.373 e. The lowest BCUT2D eigenvalue weighted by Crippen LogP contribution is -2.29. The summed E-state index contributed by atoms with van der Waals surface area (Å²) in [6.45, 7) is 3.78. The molecule has 0 aromatic carbocycles. The number of hydrogen-bond donors (Lipinski definition) is 1. The number of aromatic nitrogens is 3. The molecule has 0 aliphatic carbocycles. The Bertz CT molecular complexity index is 337. The van der Waals surface area contributed by atoms with Crippen molar-refractivity contribution < 1.29 is 4.74 Å². The number of nitrogens with zero attached hydrogens (tertiary/aromatic N) is 2. The number of ether oxygens (including phenoxy) is 1. The van der Waals surface area contributed by atoms with Crippen LogP contribution in [0, 0.1) is 4.77 Å². The molecular weight excluding hydrogens is 186 g/mol. The predicted octanol–water partition coefficient (Wildman–Crippen LogP) is 1.51. The Labute approximate surface area is 81.9 Å². The minimum absolute atomic E-state index is 0.0535. The van der Waals surface area contributed by atoms with Gasteiger partial charge in [-0.1, -0.05) is 0 Å². The van der Waals surface area contributed by atoms with Crippen LogP contribution in [0.4, 0.5) is 0 Å². The fourth-order valence-electron chi connectivity index (χ4n) is 1.70. The molecule has 1 unspecified atom stereocenters. The topological polar surface area (TPSA) is 42.8 Å². The average molecular weight is 199 g/mol. The summed E-state index contributed by atoms with van der Waals surface area (Å²) in [5.74, 6) is 0. The number of nitrogens with one attached hydrogen (secondary N) is 1. The third-order valence-corrected chi connectivity index (χ3v) is 2.75. The molecule has 2 heterocycles. The van der Waals surface area contributed by atoms with E-state index in [0.717, 1.165) is 26.0 Å². The van der Waals surface area contributed by atoms with E-state index < -0.39 is 0 Å². The molecule has 1 N–H and O–H groups in total. The minimum Gasteiger partial charge on any atom is -0.373 e. The molecule has 0 saturated carbocycles. The van der Waals surface area contributed by atoms with Crippen LogP contribution in [0.3, 0.4) is 0 Å². The van der Waals surface area contributed by atoms with Crippen molar-refractivity contribution >= 4 is 12.2 Å². The van der Waals surface area contributed by atoms with Crippen molar-refractivity contribution in [3.05, 3.63) is 11.1 Å². The smallest absolute Gasteiger partial charge is 0.195 e. The molecule has 0 spiro atoms. The van der Waals surface area contributed by atoms with Gasteiger partial charge in [0.05, 0.1) is 12.1 Å². The average Bonchev–Trinajstić information content (AvgIpc) is 2.64. The Morgan fingerprint density at radius 3 is 3.23 bits per heavy atom. The second kappa shape index (κ2) is 3.23. The van der Waals surface area contributed by atoms with Crippen molar-refractivity contribution in [2.75, 3.05) is 6.61 Å². The van der Waals surface area contributed by atoms with Crippen molar-refractivity contribution in [3.8, 4) is 0 Å². The van der Waals surface area contributed by atoms with Crippen molar-refractivity contribution in [3.63, 3.8) is 0 Å². The first kappa shape index (κ1) is 8.90. The molecule has 1 aliphatic rings. The first-order chi connectivity index (χ1) is 6.20. The van der Waals surface area contributed by atoms with Crippen molar-refractivity contribution in [1.29, 1.82) is 0 Å². The summed E-state index contributed by atoms with van der Waals surface area (Å²) in [5, 5.41) is 6.61. The Morgan fingerprint density at radius 2 is 2.69 bits per heavy atom. The Morgan fingerprint density at radius 1 is 1.85 bits per heavy atom. The van der Waals surface area contributed by atoms with Gasteiger partial charge in [-0.2, -0.15) is 5.10 Å². The highest BCUT2D eigenvalue weighted by atomic mass is 32.1. The van der Waals surface area contributed by atoms with Gasteiger partial charge in [0.25, 0.3) is 0 Å². The van der Waals surface area contributed by atoms with E-state index in [4.69, 9.17) is 17.0 Å². The highest BCUT2D eigenvalue weighted by Crippen LogP contribution is 2.26. The summed E-state index contributed by atoms with van der Waals surface area (Å²) in [7, 11) is 0. The first-order valence-electron chi connectivity index (χ1n) is 4.43. The molecule has 4 nitrogen and oxygen atoms in total. The van der Waals surface area contributed by atoms with Crippen molar-refractivity contribution in [2.24, 2.45) is 0 Å². The van der Waals surface area contributed by atoms with Gasteiger partial charge in [0, 0.05) is 6.61 Å². The summed E-state index contributed by atoms with van der Waals surface area (Å²) in [4.78, 5) is 0. The van der Waals surface area contributed by atoms with Gasteiger partial charge < -0.3 is 9.30 Å². The van der Waals surface area contributed by atoms with Crippen LogP contribution in [0.25, 0.3) is 0 Å². The minimum atomic E-state index is -0.0535. The van der Waals surface area contributed by atoms with Crippen LogP contribution < -0.4 is 0 Å². The quantitative estimate of drug-likeness (QED) is 0.734. The number of H-pyrrole nitrogens is 1. The summed E-state index contributed by atoms with van der Waals surface area (Å²) in [6, 6.07) is 0. The maximum absolute atomic E-state index is 5.66. The van der Waals surface area contributed by atoms with Crippen LogP contribution in [-0.2, 0) is 11.3 Å². The van der Waals surface area contributed by atoms with E-state index >= 15 is 0 Å². The first-order valence-corrected chi connectivity index (χ1v) is 4.84. The molecule has 1 aromatic heterocycles. The zero-order valence-electron chi connectivity index (χ0n) is 7.62. The molecule has 0 amide bonds. The summed E-state index contributed by atoms with van der Waals surface area (Å²) in [6.07, 6.45) is 3.96. The molecule has 1 aromatic rings. The molecule has 72 valence electrons. The van der Waals surface area contributed by atoms with Gasteiger partial charge in [-0.3, -0.25) is 5.10 Å². The lowest BCUT2D eigenvalue weighted by atomic mass is 10.0. The van der Waals surface area contributed by atoms with E-state index in [9.17, 15) is 0 Å². The summed E-state index contributed by atoms with van der Waals surface area (Å²) >= 11 is 5.06. The highest BCUT2D eigenvalue weighted by molar-refractivity contribution is 7.71. The molecule has 1 aliphatic heterocycles. The SMILES string of the molecule is CC1(Cn2cn[nH]c2=S)CCCO1. The van der Waals surface area contributed by atoms with Crippen molar-refractivity contribution in [2.45, 2.75) is 31.9 Å². The molecule has 1 saturated heterocycles. The van der Waals surface area contributed by atoms with Crippen molar-refractivity contribution in [1.82, 2.24) is 14.8 Å². The number of aromatic amines is 1. The second-order valence-corrected chi connectivity index (χ2v) is 4.08. The van der Waals surface area contributed by atoms with E-state index in [1.165, 1.54) is 0 Å². The molecule has 0 bridgehead atoms. The molecule has 1 atom stereocenters. The Hall–Kier alpha value is -0.680. The summed E-state index contributed by atoms with van der Waals surface area (Å²) in [5.41, 5.74) is -0.0535. The lowest BCUT2D eigenvalue weighted by molar-refractivity contribution is 0.00587. The van der Waals surface area contributed by atoms with Gasteiger partial charge in [-0.25, -0.2) is 0 Å². The summed E-state index contributed by atoms with van der Waals surface area (Å²) < 4.78 is 8.24. The third kappa shape index (κ3) is 1.81. The lowest BCUT2D eigenvalue weighted by Gasteiger charge is -2.22. The highest BCUT2D eigenvalue weighted by Gasteiger charge is 2.30. The normalized spacial score (nSPS) is 28.1. The van der Waals surface area contributed by atoms with E-state index in [0.29, 0.717) is 4.77 Å². The maximum atomic E-state index is 5.66. The van der Waals surface area contributed by atoms with Crippen LogP contribution in [-0.4, -0.2) is 27.0 Å². The fraction of sp³-hybridized carbons (Fsp3) is 0.750. The molecule has 0 radical (unpaired) electrons. The molecular formula is C8H13N3OS. The Balaban J connectivity index is 2.13. The number of hydrogen-bond acceptors (Lipinski definition) is 3.